The second-order valence-corrected chi connectivity index (χ2v) is 2.45. The number of H-pyrrole nitrogens is 1. The molecular formula is C5H7N3O2S. The van der Waals surface area contributed by atoms with E-state index in [0.717, 1.165) is 0 Å². The Balaban J connectivity index is 2.51. The number of aryl methyl sites for hydroxylation is 1. The van der Waals surface area contributed by atoms with Gasteiger partial charge in [0, 0.05) is 6.42 Å². The molecule has 1 heterocycles. The number of nitrogens with one attached hydrogen (secondary N) is 1. The van der Waals surface area contributed by atoms with Crippen molar-refractivity contribution in [2.24, 2.45) is 0 Å². The number of carboxylic acid groups (broad SMARTS) is 1. The molecule has 6 heteroatoms. The van der Waals surface area contributed by atoms with Gasteiger partial charge in [0.15, 0.2) is 0 Å². The predicted molar refractivity (Wildman–Crippen MR) is 39.6 cm³/mol. The number of nitrogens with zero attached hydrogens (tertiary/aromatic N) is 2. The van der Waals surface area contributed by atoms with Crippen LogP contribution in [0.3, 0.4) is 0 Å². The number of aromatic nitrogens is 3. The Morgan fingerprint density at radius 2 is 2.45 bits per heavy atom. The zero-order valence-electron chi connectivity index (χ0n) is 5.61. The third-order valence-corrected chi connectivity index (χ3v) is 1.53. The van der Waals surface area contributed by atoms with Gasteiger partial charge in [0.2, 0.25) is 0 Å². The van der Waals surface area contributed by atoms with Crippen molar-refractivity contribution in [3.8, 4) is 0 Å². The molecule has 0 bridgehead atoms. The number of hydrogen-bond donors (Lipinski definition) is 3. The number of thiol groups is 1. The zero-order valence-corrected chi connectivity index (χ0v) is 6.51. The Morgan fingerprint density at radius 3 is 2.91 bits per heavy atom. The topological polar surface area (TPSA) is 78.9 Å². The minimum atomic E-state index is -0.847. The lowest BCUT2D eigenvalue weighted by atomic mass is 10.2. The van der Waals surface area contributed by atoms with Crippen LogP contribution in [0.25, 0.3) is 0 Å². The highest BCUT2D eigenvalue weighted by Crippen LogP contribution is 2.07. The molecule has 60 valence electrons. The standard InChI is InChI=1S/C5H7N3O2S/c9-4(10)2-1-3-5(11)7-8-6-3/h1-2H2,(H,9,10)(H2,6,7,8,11). The molecule has 1 rings (SSSR count). The highest BCUT2D eigenvalue weighted by molar-refractivity contribution is 7.80. The summed E-state index contributed by atoms with van der Waals surface area (Å²) in [5, 5.41) is 18.5. The van der Waals surface area contributed by atoms with Crippen molar-refractivity contribution in [3.05, 3.63) is 5.69 Å². The van der Waals surface area contributed by atoms with E-state index >= 15 is 0 Å². The molecule has 0 aromatic carbocycles. The molecule has 0 saturated heterocycles. The summed E-state index contributed by atoms with van der Waals surface area (Å²) >= 11 is 3.98. The molecule has 5 nitrogen and oxygen atoms in total. The van der Waals surface area contributed by atoms with Crippen LogP contribution in [0, 0.1) is 0 Å². The van der Waals surface area contributed by atoms with E-state index in [0.29, 0.717) is 17.1 Å². The van der Waals surface area contributed by atoms with Crippen molar-refractivity contribution in [2.75, 3.05) is 0 Å². The van der Waals surface area contributed by atoms with E-state index in [1.165, 1.54) is 0 Å². The van der Waals surface area contributed by atoms with Crippen molar-refractivity contribution in [3.63, 3.8) is 0 Å². The second-order valence-electron chi connectivity index (χ2n) is 2.00. The Morgan fingerprint density at radius 1 is 1.73 bits per heavy atom. The summed E-state index contributed by atoms with van der Waals surface area (Å²) in [4.78, 5) is 10.1. The van der Waals surface area contributed by atoms with Crippen molar-refractivity contribution in [1.82, 2.24) is 15.4 Å². The van der Waals surface area contributed by atoms with Crippen LogP contribution in [0.4, 0.5) is 0 Å². The third-order valence-electron chi connectivity index (χ3n) is 1.18. The summed E-state index contributed by atoms with van der Waals surface area (Å²) in [5.74, 6) is -0.847. The number of rotatable bonds is 3. The number of aromatic amines is 1. The van der Waals surface area contributed by atoms with Crippen LogP contribution in [0.1, 0.15) is 12.1 Å². The van der Waals surface area contributed by atoms with Crippen LogP contribution < -0.4 is 0 Å². The van der Waals surface area contributed by atoms with Crippen LogP contribution in [0.15, 0.2) is 5.03 Å². The molecule has 0 spiro atoms. The molecule has 0 aliphatic rings. The third kappa shape index (κ3) is 2.23. The van der Waals surface area contributed by atoms with Gasteiger partial charge in [-0.2, -0.15) is 0 Å². The van der Waals surface area contributed by atoms with Crippen LogP contribution in [-0.2, 0) is 11.2 Å². The second kappa shape index (κ2) is 3.38. The molecule has 2 N–H and O–H groups in total. The molecule has 0 amide bonds. The van der Waals surface area contributed by atoms with E-state index in [2.05, 4.69) is 28.0 Å². The van der Waals surface area contributed by atoms with Crippen LogP contribution >= 0.6 is 12.6 Å². The van der Waals surface area contributed by atoms with Crippen molar-refractivity contribution in [2.45, 2.75) is 17.9 Å². The molecule has 1 aromatic rings. The fraction of sp³-hybridized carbons (Fsp3) is 0.400. The van der Waals surface area contributed by atoms with E-state index in [1.807, 2.05) is 0 Å². The molecule has 0 aliphatic carbocycles. The van der Waals surface area contributed by atoms with Crippen LogP contribution in [0.2, 0.25) is 0 Å². The molecular weight excluding hydrogens is 166 g/mol. The van der Waals surface area contributed by atoms with Gasteiger partial charge in [-0.05, 0) is 0 Å². The molecule has 0 unspecified atom stereocenters. The van der Waals surface area contributed by atoms with Gasteiger partial charge in [0.1, 0.15) is 5.03 Å². The fourth-order valence-electron chi connectivity index (χ4n) is 0.638. The number of hydrogen-bond acceptors (Lipinski definition) is 4. The van der Waals surface area contributed by atoms with E-state index < -0.39 is 5.97 Å². The smallest absolute Gasteiger partial charge is 0.303 e. The van der Waals surface area contributed by atoms with Gasteiger partial charge in [0.25, 0.3) is 0 Å². The first kappa shape index (κ1) is 8.06. The predicted octanol–water partition coefficient (Wildman–Crippen LogP) is 0.111. The summed E-state index contributed by atoms with van der Waals surface area (Å²) in [6.07, 6.45) is 0.421. The van der Waals surface area contributed by atoms with Crippen LogP contribution in [-0.4, -0.2) is 26.5 Å². The van der Waals surface area contributed by atoms with Gasteiger partial charge >= 0.3 is 5.97 Å². The minimum absolute atomic E-state index is 0.0556. The summed E-state index contributed by atoms with van der Waals surface area (Å²) in [6.45, 7) is 0. The molecule has 0 radical (unpaired) electrons. The maximum Gasteiger partial charge on any atom is 0.303 e. The van der Waals surface area contributed by atoms with Gasteiger partial charge in [-0.3, -0.25) is 9.89 Å². The molecule has 0 aliphatic heterocycles. The minimum Gasteiger partial charge on any atom is -0.481 e. The molecule has 0 fully saturated rings. The fourth-order valence-corrected chi connectivity index (χ4v) is 0.840. The lowest BCUT2D eigenvalue weighted by molar-refractivity contribution is -0.136. The molecule has 0 atom stereocenters. The lowest BCUT2D eigenvalue weighted by Gasteiger charge is -1.90. The van der Waals surface area contributed by atoms with Gasteiger partial charge in [-0.25, -0.2) is 0 Å². The van der Waals surface area contributed by atoms with Crippen LogP contribution in [0.5, 0.6) is 0 Å². The Hall–Kier alpha value is -1.04. The number of carbonyl (C=O) groups is 1. The quantitative estimate of drug-likeness (QED) is 0.567. The first-order chi connectivity index (χ1) is 5.20. The first-order valence-corrected chi connectivity index (χ1v) is 3.45. The van der Waals surface area contributed by atoms with E-state index in [1.54, 1.807) is 0 Å². The lowest BCUT2D eigenvalue weighted by Crippen LogP contribution is -1.98. The summed E-state index contributed by atoms with van der Waals surface area (Å²) in [5.41, 5.74) is 0.593. The van der Waals surface area contributed by atoms with Gasteiger partial charge < -0.3 is 5.11 Å². The highest BCUT2D eigenvalue weighted by Gasteiger charge is 2.05. The largest absolute Gasteiger partial charge is 0.481 e. The van der Waals surface area contributed by atoms with Gasteiger partial charge in [-0.1, -0.05) is 5.21 Å². The molecule has 11 heavy (non-hydrogen) atoms. The normalized spacial score (nSPS) is 9.91. The maximum atomic E-state index is 10.1. The maximum absolute atomic E-state index is 10.1. The average molecular weight is 173 g/mol. The highest BCUT2D eigenvalue weighted by atomic mass is 32.1. The summed E-state index contributed by atoms with van der Waals surface area (Å²) in [6, 6.07) is 0. The van der Waals surface area contributed by atoms with E-state index in [-0.39, 0.29) is 6.42 Å². The van der Waals surface area contributed by atoms with Gasteiger partial charge in [-0.15, -0.1) is 17.7 Å². The zero-order chi connectivity index (χ0) is 8.27. The first-order valence-electron chi connectivity index (χ1n) is 3.01. The summed E-state index contributed by atoms with van der Waals surface area (Å²) in [7, 11) is 0. The van der Waals surface area contributed by atoms with Crippen molar-refractivity contribution in [1.29, 1.82) is 0 Å². The SMILES string of the molecule is O=C(O)CCc1nn[nH]c1S. The molecule has 1 aromatic heterocycles. The van der Waals surface area contributed by atoms with E-state index in [9.17, 15) is 4.79 Å². The monoisotopic (exact) mass is 173 g/mol. The Labute approximate surface area is 68.2 Å². The number of aliphatic carboxylic acids is 1. The average Bonchev–Trinajstić information content (AvgIpc) is 2.31. The number of carboxylic acids is 1. The van der Waals surface area contributed by atoms with Gasteiger partial charge in [0.05, 0.1) is 12.1 Å². The Kier molecular flexibility index (Phi) is 2.48. The van der Waals surface area contributed by atoms with Crippen molar-refractivity contribution >= 4 is 18.6 Å². The van der Waals surface area contributed by atoms with E-state index in [4.69, 9.17) is 5.11 Å². The Bertz CT molecular complexity index is 260. The summed E-state index contributed by atoms with van der Waals surface area (Å²) < 4.78 is 0. The van der Waals surface area contributed by atoms with Crippen molar-refractivity contribution < 1.29 is 9.90 Å². The molecule has 0 saturated carbocycles.